The molecule has 2 rings (SSSR count). The first-order valence-corrected chi connectivity index (χ1v) is 7.90. The van der Waals surface area contributed by atoms with E-state index in [2.05, 4.69) is 59.4 Å². The first-order valence-electron chi connectivity index (χ1n) is 7.10. The van der Waals surface area contributed by atoms with Crippen molar-refractivity contribution in [2.24, 2.45) is 0 Å². The lowest BCUT2D eigenvalue weighted by molar-refractivity contribution is 0.0950. The zero-order chi connectivity index (χ0) is 15.4. The van der Waals surface area contributed by atoms with Crippen LogP contribution >= 0.6 is 15.9 Å². The lowest BCUT2D eigenvalue weighted by Crippen LogP contribution is -2.23. The highest BCUT2D eigenvalue weighted by Crippen LogP contribution is 2.18. The molecule has 3 heteroatoms. The van der Waals surface area contributed by atoms with Gasteiger partial charge in [0.15, 0.2) is 0 Å². The highest BCUT2D eigenvalue weighted by Gasteiger charge is 2.09. The molecule has 0 aromatic heterocycles. The molecule has 0 aliphatic heterocycles. The minimum Gasteiger partial charge on any atom is -0.348 e. The fourth-order valence-corrected chi connectivity index (χ4v) is 2.78. The summed E-state index contributed by atoms with van der Waals surface area (Å²) < 4.78 is 0.829. The number of aryl methyl sites for hydroxylation is 1. The van der Waals surface area contributed by atoms with E-state index in [1.807, 2.05) is 25.1 Å². The maximum absolute atomic E-state index is 12.2. The van der Waals surface area contributed by atoms with Crippen LogP contribution in [-0.2, 0) is 6.54 Å². The number of hydrogen-bond acceptors (Lipinski definition) is 1. The molecule has 0 aliphatic rings. The Morgan fingerprint density at radius 3 is 2.38 bits per heavy atom. The normalized spacial score (nSPS) is 10.7. The molecule has 0 saturated carbocycles. The summed E-state index contributed by atoms with van der Waals surface area (Å²) in [5.74, 6) is 0.465. The molecular weight excluding hydrogens is 326 g/mol. The molecule has 21 heavy (non-hydrogen) atoms. The molecule has 2 nitrogen and oxygen atoms in total. The van der Waals surface area contributed by atoms with Gasteiger partial charge < -0.3 is 5.32 Å². The summed E-state index contributed by atoms with van der Waals surface area (Å²) in [7, 11) is 0. The van der Waals surface area contributed by atoms with E-state index in [1.165, 1.54) is 5.56 Å². The van der Waals surface area contributed by atoms with Crippen LogP contribution in [0.15, 0.2) is 46.9 Å². The van der Waals surface area contributed by atoms with E-state index >= 15 is 0 Å². The maximum atomic E-state index is 12.2. The van der Waals surface area contributed by atoms with Crippen LogP contribution < -0.4 is 5.32 Å². The predicted molar refractivity (Wildman–Crippen MR) is 90.6 cm³/mol. The monoisotopic (exact) mass is 345 g/mol. The van der Waals surface area contributed by atoms with Gasteiger partial charge in [0.2, 0.25) is 0 Å². The average molecular weight is 346 g/mol. The van der Waals surface area contributed by atoms with Crippen molar-refractivity contribution < 1.29 is 4.79 Å². The van der Waals surface area contributed by atoms with Gasteiger partial charge in [-0.1, -0.05) is 44.2 Å². The second-order valence-corrected chi connectivity index (χ2v) is 6.42. The van der Waals surface area contributed by atoms with Crippen LogP contribution in [0.3, 0.4) is 0 Å². The van der Waals surface area contributed by atoms with Crippen molar-refractivity contribution in [3.63, 3.8) is 0 Å². The summed E-state index contributed by atoms with van der Waals surface area (Å²) in [6, 6.07) is 14.1. The van der Waals surface area contributed by atoms with Gasteiger partial charge in [0.05, 0.1) is 5.56 Å². The number of amides is 1. The molecule has 2 aromatic rings. The topological polar surface area (TPSA) is 29.1 Å². The van der Waals surface area contributed by atoms with Gasteiger partial charge in [-0.3, -0.25) is 4.79 Å². The van der Waals surface area contributed by atoms with Gasteiger partial charge in [0, 0.05) is 11.0 Å². The van der Waals surface area contributed by atoms with E-state index in [0.29, 0.717) is 18.0 Å². The van der Waals surface area contributed by atoms with Crippen LogP contribution in [0.2, 0.25) is 0 Å². The molecule has 0 radical (unpaired) electrons. The van der Waals surface area contributed by atoms with Crippen LogP contribution in [0.5, 0.6) is 0 Å². The number of benzene rings is 2. The van der Waals surface area contributed by atoms with E-state index in [0.717, 1.165) is 15.6 Å². The summed E-state index contributed by atoms with van der Waals surface area (Å²) in [5.41, 5.74) is 4.21. The van der Waals surface area contributed by atoms with Crippen molar-refractivity contribution in [2.75, 3.05) is 0 Å². The summed E-state index contributed by atoms with van der Waals surface area (Å²) in [4.78, 5) is 12.2. The fourth-order valence-electron chi connectivity index (χ4n) is 2.10. The van der Waals surface area contributed by atoms with Gasteiger partial charge in [-0.05, 0) is 57.6 Å². The van der Waals surface area contributed by atoms with Gasteiger partial charge in [0.25, 0.3) is 5.91 Å². The van der Waals surface area contributed by atoms with Crippen LogP contribution in [0.1, 0.15) is 46.8 Å². The molecule has 0 bridgehead atoms. The van der Waals surface area contributed by atoms with Crippen molar-refractivity contribution >= 4 is 21.8 Å². The molecule has 0 aliphatic carbocycles. The van der Waals surface area contributed by atoms with E-state index < -0.39 is 0 Å². The predicted octanol–water partition coefficient (Wildman–Crippen LogP) is 4.81. The minimum absolute atomic E-state index is 0.0604. The smallest absolute Gasteiger partial charge is 0.252 e. The second kappa shape index (κ2) is 6.90. The summed E-state index contributed by atoms with van der Waals surface area (Å²) in [6.07, 6.45) is 0. The van der Waals surface area contributed by atoms with Crippen molar-refractivity contribution in [2.45, 2.75) is 33.2 Å². The van der Waals surface area contributed by atoms with Gasteiger partial charge in [0.1, 0.15) is 0 Å². The summed E-state index contributed by atoms with van der Waals surface area (Å²) in [6.45, 7) is 6.89. The molecule has 0 saturated heterocycles. The highest BCUT2D eigenvalue weighted by atomic mass is 79.9. The molecule has 0 heterocycles. The third-order valence-electron chi connectivity index (χ3n) is 3.47. The quantitative estimate of drug-likeness (QED) is 0.846. The number of hydrogen-bond donors (Lipinski definition) is 1. The summed E-state index contributed by atoms with van der Waals surface area (Å²) in [5, 5.41) is 2.96. The van der Waals surface area contributed by atoms with Gasteiger partial charge in [-0.25, -0.2) is 0 Å². The maximum Gasteiger partial charge on any atom is 0.252 e. The fraction of sp³-hybridized carbons (Fsp3) is 0.278. The lowest BCUT2D eigenvalue weighted by atomic mass is 10.0. The van der Waals surface area contributed by atoms with E-state index in [1.54, 1.807) is 0 Å². The Morgan fingerprint density at radius 2 is 1.81 bits per heavy atom. The molecule has 1 amide bonds. The van der Waals surface area contributed by atoms with Gasteiger partial charge >= 0.3 is 0 Å². The first kappa shape index (κ1) is 15.8. The van der Waals surface area contributed by atoms with Crippen LogP contribution in [0, 0.1) is 6.92 Å². The molecule has 0 spiro atoms. The number of halogens is 1. The third kappa shape index (κ3) is 4.18. The second-order valence-electron chi connectivity index (χ2n) is 5.56. The van der Waals surface area contributed by atoms with Crippen molar-refractivity contribution in [3.8, 4) is 0 Å². The van der Waals surface area contributed by atoms with Gasteiger partial charge in [-0.2, -0.15) is 0 Å². The molecule has 1 N–H and O–H groups in total. The zero-order valence-electron chi connectivity index (χ0n) is 12.6. The van der Waals surface area contributed by atoms with Crippen molar-refractivity contribution in [1.29, 1.82) is 0 Å². The van der Waals surface area contributed by atoms with E-state index in [4.69, 9.17) is 0 Å². The number of carbonyl (C=O) groups is 1. The molecule has 0 unspecified atom stereocenters. The molecule has 110 valence electrons. The number of nitrogens with one attached hydrogen (secondary N) is 1. The Morgan fingerprint density at radius 1 is 1.14 bits per heavy atom. The largest absolute Gasteiger partial charge is 0.348 e. The van der Waals surface area contributed by atoms with E-state index in [-0.39, 0.29) is 5.91 Å². The lowest BCUT2D eigenvalue weighted by Gasteiger charge is -2.09. The van der Waals surface area contributed by atoms with Crippen LogP contribution in [0.25, 0.3) is 0 Å². The molecule has 2 aromatic carbocycles. The van der Waals surface area contributed by atoms with Crippen LogP contribution in [-0.4, -0.2) is 5.91 Å². The highest BCUT2D eigenvalue weighted by molar-refractivity contribution is 9.10. The Bertz CT molecular complexity index is 632. The Balaban J connectivity index is 2.00. The SMILES string of the molecule is Cc1ccc(C(=O)NCc2ccc(C(C)C)cc2)c(Br)c1. The average Bonchev–Trinajstić information content (AvgIpc) is 2.45. The standard InChI is InChI=1S/C18H20BrNO/c1-12(2)15-7-5-14(6-8-15)11-20-18(21)16-9-4-13(3)10-17(16)19/h4-10,12H,11H2,1-3H3,(H,20,21). The van der Waals surface area contributed by atoms with Crippen molar-refractivity contribution in [1.82, 2.24) is 5.32 Å². The first-order chi connectivity index (χ1) is 9.97. The minimum atomic E-state index is -0.0604. The van der Waals surface area contributed by atoms with Gasteiger partial charge in [-0.15, -0.1) is 0 Å². The Kier molecular flexibility index (Phi) is 5.18. The number of carbonyl (C=O) groups excluding carboxylic acids is 1. The van der Waals surface area contributed by atoms with Crippen molar-refractivity contribution in [3.05, 3.63) is 69.2 Å². The third-order valence-corrected chi connectivity index (χ3v) is 4.12. The number of rotatable bonds is 4. The Hall–Kier alpha value is -1.61. The molecular formula is C18H20BrNO. The van der Waals surface area contributed by atoms with E-state index in [9.17, 15) is 4.79 Å². The summed E-state index contributed by atoms with van der Waals surface area (Å²) >= 11 is 3.44. The van der Waals surface area contributed by atoms with Crippen LogP contribution in [0.4, 0.5) is 0 Å². The molecule has 0 atom stereocenters. The Labute approximate surface area is 134 Å². The molecule has 0 fully saturated rings. The zero-order valence-corrected chi connectivity index (χ0v) is 14.2.